The van der Waals surface area contributed by atoms with Crippen LogP contribution in [0.2, 0.25) is 0 Å². The van der Waals surface area contributed by atoms with Crippen LogP contribution < -0.4 is 10.5 Å². The lowest BCUT2D eigenvalue weighted by atomic mass is 9.92. The number of nitrogens with one attached hydrogen (secondary N) is 1. The third-order valence-corrected chi connectivity index (χ3v) is 3.73. The Kier molecular flexibility index (Phi) is 3.21. The molecule has 0 spiro atoms. The predicted octanol–water partition coefficient (Wildman–Crippen LogP) is 1.27. The van der Waals surface area contributed by atoms with Gasteiger partial charge in [-0.1, -0.05) is 12.1 Å². The molecule has 1 aliphatic rings. The number of anilines is 1. The van der Waals surface area contributed by atoms with Crippen LogP contribution in [0.1, 0.15) is 19.3 Å². The molecule has 1 aromatic heterocycles. The van der Waals surface area contributed by atoms with Crippen LogP contribution in [-0.4, -0.2) is 34.3 Å². The molecule has 1 saturated carbocycles. The molecule has 2 aromatic rings. The number of aromatic amines is 1. The summed E-state index contributed by atoms with van der Waals surface area (Å²) in [5.74, 6) is 0.572. The second kappa shape index (κ2) is 5.01. The first-order chi connectivity index (χ1) is 9.29. The van der Waals surface area contributed by atoms with Gasteiger partial charge in [-0.3, -0.25) is 9.78 Å². The SMILES string of the molecule is O=c1[nH]c(N(CCO)C2CCC2)nc2ccccc12. The van der Waals surface area contributed by atoms with Gasteiger partial charge in [0.15, 0.2) is 0 Å². The maximum atomic E-state index is 12.1. The average molecular weight is 259 g/mol. The monoisotopic (exact) mass is 259 g/mol. The Morgan fingerprint density at radius 2 is 2.16 bits per heavy atom. The third-order valence-electron chi connectivity index (χ3n) is 3.73. The second-order valence-electron chi connectivity index (χ2n) is 4.91. The highest BCUT2D eigenvalue weighted by atomic mass is 16.3. The predicted molar refractivity (Wildman–Crippen MR) is 74.4 cm³/mol. The Morgan fingerprint density at radius 1 is 1.37 bits per heavy atom. The molecule has 5 nitrogen and oxygen atoms in total. The minimum atomic E-state index is -0.122. The molecule has 0 unspecified atom stereocenters. The van der Waals surface area contributed by atoms with Crippen molar-refractivity contribution < 1.29 is 5.11 Å². The first kappa shape index (κ1) is 12.2. The molecule has 0 bridgehead atoms. The number of hydrogen-bond acceptors (Lipinski definition) is 4. The van der Waals surface area contributed by atoms with Crippen LogP contribution in [0.4, 0.5) is 5.95 Å². The molecule has 1 heterocycles. The van der Waals surface area contributed by atoms with Gasteiger partial charge < -0.3 is 10.0 Å². The lowest BCUT2D eigenvalue weighted by Gasteiger charge is -2.37. The molecule has 2 N–H and O–H groups in total. The largest absolute Gasteiger partial charge is 0.395 e. The number of nitrogens with zero attached hydrogens (tertiary/aromatic N) is 2. The molecule has 1 fully saturated rings. The number of H-pyrrole nitrogens is 1. The van der Waals surface area contributed by atoms with Gasteiger partial charge in [0.2, 0.25) is 5.95 Å². The van der Waals surface area contributed by atoms with E-state index in [1.165, 1.54) is 6.42 Å². The van der Waals surface area contributed by atoms with Crippen molar-refractivity contribution >= 4 is 16.9 Å². The van der Waals surface area contributed by atoms with E-state index in [0.717, 1.165) is 12.8 Å². The molecule has 19 heavy (non-hydrogen) atoms. The van der Waals surface area contributed by atoms with Gasteiger partial charge in [-0.15, -0.1) is 0 Å². The van der Waals surface area contributed by atoms with Crippen molar-refractivity contribution in [2.75, 3.05) is 18.1 Å². The summed E-state index contributed by atoms with van der Waals surface area (Å²) in [4.78, 5) is 21.4. The van der Waals surface area contributed by atoms with Gasteiger partial charge in [-0.05, 0) is 31.4 Å². The van der Waals surface area contributed by atoms with Crippen molar-refractivity contribution in [3.8, 4) is 0 Å². The summed E-state index contributed by atoms with van der Waals surface area (Å²) in [5, 5.41) is 9.79. The standard InChI is InChI=1S/C14H17N3O2/c18-9-8-17(10-4-3-5-10)14-15-12-7-2-1-6-11(12)13(19)16-14/h1-2,6-7,10,18H,3-5,8-9H2,(H,15,16,19). The van der Waals surface area contributed by atoms with Gasteiger partial charge in [0.1, 0.15) is 0 Å². The molecule has 1 aliphatic carbocycles. The van der Waals surface area contributed by atoms with E-state index < -0.39 is 0 Å². The van der Waals surface area contributed by atoms with Gasteiger partial charge in [-0.25, -0.2) is 4.98 Å². The highest BCUT2D eigenvalue weighted by molar-refractivity contribution is 5.78. The molecule has 0 aliphatic heterocycles. The first-order valence-electron chi connectivity index (χ1n) is 6.66. The van der Waals surface area contributed by atoms with E-state index in [1.54, 1.807) is 6.07 Å². The van der Waals surface area contributed by atoms with Crippen LogP contribution >= 0.6 is 0 Å². The zero-order chi connectivity index (χ0) is 13.2. The van der Waals surface area contributed by atoms with Crippen molar-refractivity contribution in [2.24, 2.45) is 0 Å². The summed E-state index contributed by atoms with van der Waals surface area (Å²) < 4.78 is 0. The number of rotatable bonds is 4. The number of aliphatic hydroxyl groups excluding tert-OH is 1. The number of para-hydroxylation sites is 1. The summed E-state index contributed by atoms with van der Waals surface area (Å²) >= 11 is 0. The third kappa shape index (κ3) is 2.21. The number of benzene rings is 1. The number of aliphatic hydroxyl groups is 1. The fourth-order valence-electron chi connectivity index (χ4n) is 2.48. The fraction of sp³-hybridized carbons (Fsp3) is 0.429. The Bertz CT molecular complexity index is 634. The molecular formula is C14H17N3O2. The summed E-state index contributed by atoms with van der Waals surface area (Å²) in [6.07, 6.45) is 3.39. The number of aromatic nitrogens is 2. The number of hydrogen-bond donors (Lipinski definition) is 2. The minimum Gasteiger partial charge on any atom is -0.395 e. The van der Waals surface area contributed by atoms with Gasteiger partial charge in [0.25, 0.3) is 5.56 Å². The number of fused-ring (bicyclic) bond motifs is 1. The van der Waals surface area contributed by atoms with Crippen LogP contribution in [0.5, 0.6) is 0 Å². The van der Waals surface area contributed by atoms with E-state index in [-0.39, 0.29) is 12.2 Å². The normalized spacial score (nSPS) is 15.4. The molecule has 0 radical (unpaired) electrons. The lowest BCUT2D eigenvalue weighted by molar-refractivity contribution is 0.282. The smallest absolute Gasteiger partial charge is 0.260 e. The van der Waals surface area contributed by atoms with Crippen molar-refractivity contribution in [1.29, 1.82) is 0 Å². The Morgan fingerprint density at radius 3 is 2.84 bits per heavy atom. The van der Waals surface area contributed by atoms with E-state index in [1.807, 2.05) is 23.1 Å². The van der Waals surface area contributed by atoms with Crippen LogP contribution in [0.15, 0.2) is 29.1 Å². The first-order valence-corrected chi connectivity index (χ1v) is 6.66. The topological polar surface area (TPSA) is 69.2 Å². The van der Waals surface area contributed by atoms with Crippen LogP contribution in [0.3, 0.4) is 0 Å². The molecule has 5 heteroatoms. The zero-order valence-corrected chi connectivity index (χ0v) is 10.7. The van der Waals surface area contributed by atoms with Crippen LogP contribution in [0.25, 0.3) is 10.9 Å². The van der Waals surface area contributed by atoms with Gasteiger partial charge in [0, 0.05) is 12.6 Å². The maximum absolute atomic E-state index is 12.1. The molecule has 0 amide bonds. The van der Waals surface area contributed by atoms with Crippen molar-refractivity contribution in [2.45, 2.75) is 25.3 Å². The molecule has 100 valence electrons. The Hall–Kier alpha value is -1.88. The van der Waals surface area contributed by atoms with E-state index in [9.17, 15) is 9.90 Å². The highest BCUT2D eigenvalue weighted by Gasteiger charge is 2.26. The molecule has 3 rings (SSSR count). The van der Waals surface area contributed by atoms with E-state index in [0.29, 0.717) is 29.4 Å². The van der Waals surface area contributed by atoms with Gasteiger partial charge in [0.05, 0.1) is 17.5 Å². The summed E-state index contributed by atoms with van der Waals surface area (Å²) in [5.41, 5.74) is 0.575. The summed E-state index contributed by atoms with van der Waals surface area (Å²) in [6.45, 7) is 0.568. The fourth-order valence-corrected chi connectivity index (χ4v) is 2.48. The molecule has 0 saturated heterocycles. The average Bonchev–Trinajstić information content (AvgIpc) is 2.36. The summed E-state index contributed by atoms with van der Waals surface area (Å²) in [6, 6.07) is 7.70. The minimum absolute atomic E-state index is 0.0625. The van der Waals surface area contributed by atoms with E-state index in [2.05, 4.69) is 9.97 Å². The quantitative estimate of drug-likeness (QED) is 0.867. The molecule has 0 atom stereocenters. The van der Waals surface area contributed by atoms with Gasteiger partial charge >= 0.3 is 0 Å². The Balaban J connectivity index is 2.05. The maximum Gasteiger partial charge on any atom is 0.260 e. The van der Waals surface area contributed by atoms with Crippen LogP contribution in [0, 0.1) is 0 Å². The molecular weight excluding hydrogens is 242 g/mol. The van der Waals surface area contributed by atoms with Gasteiger partial charge in [-0.2, -0.15) is 0 Å². The van der Waals surface area contributed by atoms with E-state index >= 15 is 0 Å². The van der Waals surface area contributed by atoms with Crippen molar-refractivity contribution in [3.05, 3.63) is 34.6 Å². The molecule has 1 aromatic carbocycles. The highest BCUT2D eigenvalue weighted by Crippen LogP contribution is 2.27. The summed E-state index contributed by atoms with van der Waals surface area (Å²) in [7, 11) is 0. The van der Waals surface area contributed by atoms with Crippen LogP contribution in [-0.2, 0) is 0 Å². The van der Waals surface area contributed by atoms with Crippen molar-refractivity contribution in [3.63, 3.8) is 0 Å². The Labute approximate surface area is 110 Å². The van der Waals surface area contributed by atoms with Crippen molar-refractivity contribution in [1.82, 2.24) is 9.97 Å². The van der Waals surface area contributed by atoms with E-state index in [4.69, 9.17) is 0 Å². The lowest BCUT2D eigenvalue weighted by Crippen LogP contribution is -2.43. The zero-order valence-electron chi connectivity index (χ0n) is 10.7. The second-order valence-corrected chi connectivity index (χ2v) is 4.91.